The van der Waals surface area contributed by atoms with Gasteiger partial charge in [-0.3, -0.25) is 9.59 Å². The number of carboxylic acid groups (broad SMARTS) is 1. The summed E-state index contributed by atoms with van der Waals surface area (Å²) in [6.45, 7) is 3.34. The Morgan fingerprint density at radius 2 is 1.92 bits per heavy atom. The van der Waals surface area contributed by atoms with Gasteiger partial charge >= 0.3 is 5.97 Å². The molecule has 0 spiro atoms. The second kappa shape index (κ2) is 8.04. The SMILES string of the molecule is Cc1cccc(COc2cccc(CC(=O)N3CCC(C(=O)O)C3)c2)c1. The van der Waals surface area contributed by atoms with Crippen LogP contribution in [-0.4, -0.2) is 35.0 Å². The van der Waals surface area contributed by atoms with Gasteiger partial charge in [0.25, 0.3) is 0 Å². The highest BCUT2D eigenvalue weighted by Crippen LogP contribution is 2.20. The number of hydrogen-bond acceptors (Lipinski definition) is 3. The predicted octanol–water partition coefficient (Wildman–Crippen LogP) is 3.05. The van der Waals surface area contributed by atoms with Crippen LogP contribution in [-0.2, 0) is 22.6 Å². The minimum Gasteiger partial charge on any atom is -0.489 e. The average Bonchev–Trinajstić information content (AvgIpc) is 3.11. The standard InChI is InChI=1S/C21H23NO4/c1-15-4-2-6-17(10-15)14-26-19-7-3-5-16(11-19)12-20(23)22-9-8-18(13-22)21(24)25/h2-7,10-11,18H,8-9,12-14H2,1H3,(H,24,25). The van der Waals surface area contributed by atoms with Gasteiger partial charge in [-0.05, 0) is 36.6 Å². The summed E-state index contributed by atoms with van der Waals surface area (Å²) in [5.74, 6) is -0.582. The minimum absolute atomic E-state index is 0.0374. The lowest BCUT2D eigenvalue weighted by Gasteiger charge is -2.16. The van der Waals surface area contributed by atoms with Gasteiger partial charge in [0, 0.05) is 13.1 Å². The van der Waals surface area contributed by atoms with Crippen LogP contribution in [0.3, 0.4) is 0 Å². The molecule has 0 saturated carbocycles. The van der Waals surface area contributed by atoms with Crippen LogP contribution in [0, 0.1) is 12.8 Å². The zero-order valence-corrected chi connectivity index (χ0v) is 14.9. The largest absolute Gasteiger partial charge is 0.489 e. The molecular weight excluding hydrogens is 330 g/mol. The maximum atomic E-state index is 12.4. The Hall–Kier alpha value is -2.82. The monoisotopic (exact) mass is 353 g/mol. The van der Waals surface area contributed by atoms with E-state index in [1.165, 1.54) is 5.56 Å². The van der Waals surface area contributed by atoms with Gasteiger partial charge in [0.15, 0.2) is 0 Å². The van der Waals surface area contributed by atoms with Crippen LogP contribution in [0.5, 0.6) is 5.75 Å². The third-order valence-electron chi connectivity index (χ3n) is 4.63. The first-order valence-electron chi connectivity index (χ1n) is 8.79. The van der Waals surface area contributed by atoms with E-state index in [2.05, 4.69) is 6.07 Å². The maximum absolute atomic E-state index is 12.4. The van der Waals surface area contributed by atoms with E-state index in [4.69, 9.17) is 9.84 Å². The van der Waals surface area contributed by atoms with Crippen molar-refractivity contribution in [3.63, 3.8) is 0 Å². The molecule has 0 radical (unpaired) electrons. The van der Waals surface area contributed by atoms with Crippen molar-refractivity contribution in [3.05, 3.63) is 65.2 Å². The van der Waals surface area contributed by atoms with Crippen LogP contribution >= 0.6 is 0 Å². The minimum atomic E-state index is -0.827. The highest BCUT2D eigenvalue weighted by Gasteiger charge is 2.30. The first kappa shape index (κ1) is 18.0. The van der Waals surface area contributed by atoms with Crippen molar-refractivity contribution in [2.45, 2.75) is 26.4 Å². The van der Waals surface area contributed by atoms with Gasteiger partial charge in [-0.15, -0.1) is 0 Å². The fourth-order valence-corrected chi connectivity index (χ4v) is 3.19. The van der Waals surface area contributed by atoms with Gasteiger partial charge in [-0.25, -0.2) is 0 Å². The lowest BCUT2D eigenvalue weighted by molar-refractivity contribution is -0.141. The second-order valence-corrected chi connectivity index (χ2v) is 6.77. The van der Waals surface area contributed by atoms with E-state index in [9.17, 15) is 9.59 Å². The number of aliphatic carboxylic acids is 1. The Kier molecular flexibility index (Phi) is 5.56. The van der Waals surface area contributed by atoms with Crippen molar-refractivity contribution >= 4 is 11.9 Å². The number of nitrogens with zero attached hydrogens (tertiary/aromatic N) is 1. The molecule has 1 saturated heterocycles. The Balaban J connectivity index is 1.57. The summed E-state index contributed by atoms with van der Waals surface area (Å²) in [6, 6.07) is 15.7. The number of benzene rings is 2. The van der Waals surface area contributed by atoms with Crippen LogP contribution < -0.4 is 4.74 Å². The van der Waals surface area contributed by atoms with Crippen LogP contribution in [0.1, 0.15) is 23.1 Å². The third-order valence-corrected chi connectivity index (χ3v) is 4.63. The van der Waals surface area contributed by atoms with Crippen LogP contribution in [0.15, 0.2) is 48.5 Å². The molecule has 136 valence electrons. The van der Waals surface area contributed by atoms with Crippen LogP contribution in [0.4, 0.5) is 0 Å². The normalized spacial score (nSPS) is 16.5. The highest BCUT2D eigenvalue weighted by molar-refractivity contribution is 5.80. The van der Waals surface area contributed by atoms with E-state index in [-0.39, 0.29) is 12.3 Å². The summed E-state index contributed by atoms with van der Waals surface area (Å²) in [5, 5.41) is 9.05. The zero-order valence-electron chi connectivity index (χ0n) is 14.9. The van der Waals surface area contributed by atoms with Crippen molar-refractivity contribution < 1.29 is 19.4 Å². The number of likely N-dealkylation sites (tertiary alicyclic amines) is 1. The number of hydrogen-bond donors (Lipinski definition) is 1. The Morgan fingerprint density at radius 1 is 1.15 bits per heavy atom. The molecule has 0 aromatic heterocycles. The molecule has 0 bridgehead atoms. The summed E-state index contributed by atoms with van der Waals surface area (Å²) in [7, 11) is 0. The molecule has 1 unspecified atom stereocenters. The second-order valence-electron chi connectivity index (χ2n) is 6.77. The molecular formula is C21H23NO4. The van der Waals surface area contributed by atoms with E-state index in [1.807, 2.05) is 49.4 Å². The Morgan fingerprint density at radius 3 is 2.65 bits per heavy atom. The molecule has 26 heavy (non-hydrogen) atoms. The fourth-order valence-electron chi connectivity index (χ4n) is 3.19. The van der Waals surface area contributed by atoms with E-state index in [1.54, 1.807) is 4.90 Å². The molecule has 1 aliphatic rings. The number of amides is 1. The Labute approximate surface area is 153 Å². The third kappa shape index (κ3) is 4.63. The van der Waals surface area contributed by atoms with Crippen molar-refractivity contribution in [2.24, 2.45) is 5.92 Å². The molecule has 5 nitrogen and oxygen atoms in total. The quantitative estimate of drug-likeness (QED) is 0.867. The number of rotatable bonds is 6. The number of carbonyl (C=O) groups is 2. The molecule has 2 aromatic carbocycles. The summed E-state index contributed by atoms with van der Waals surface area (Å²) in [6.07, 6.45) is 0.786. The topological polar surface area (TPSA) is 66.8 Å². The predicted molar refractivity (Wildman–Crippen MR) is 98.0 cm³/mol. The van der Waals surface area contributed by atoms with Crippen molar-refractivity contribution in [3.8, 4) is 5.75 Å². The molecule has 1 fully saturated rings. The van der Waals surface area contributed by atoms with Crippen molar-refractivity contribution in [2.75, 3.05) is 13.1 Å². The Bertz CT molecular complexity index is 802. The number of carbonyl (C=O) groups excluding carboxylic acids is 1. The van der Waals surface area contributed by atoms with E-state index >= 15 is 0 Å². The van der Waals surface area contributed by atoms with E-state index < -0.39 is 11.9 Å². The van der Waals surface area contributed by atoms with Gasteiger partial charge in [0.2, 0.25) is 5.91 Å². The van der Waals surface area contributed by atoms with Crippen molar-refractivity contribution in [1.82, 2.24) is 4.90 Å². The van der Waals surface area contributed by atoms with Crippen LogP contribution in [0.25, 0.3) is 0 Å². The van der Waals surface area contributed by atoms with Gasteiger partial charge in [-0.1, -0.05) is 42.0 Å². The lowest BCUT2D eigenvalue weighted by atomic mass is 10.1. The molecule has 3 rings (SSSR count). The maximum Gasteiger partial charge on any atom is 0.308 e. The van der Waals surface area contributed by atoms with Crippen molar-refractivity contribution in [1.29, 1.82) is 0 Å². The smallest absolute Gasteiger partial charge is 0.308 e. The van der Waals surface area contributed by atoms with Crippen LogP contribution in [0.2, 0.25) is 0 Å². The first-order valence-corrected chi connectivity index (χ1v) is 8.79. The molecule has 5 heteroatoms. The highest BCUT2D eigenvalue weighted by atomic mass is 16.5. The summed E-state index contributed by atoms with van der Waals surface area (Å²) in [4.78, 5) is 25.1. The molecule has 1 amide bonds. The summed E-state index contributed by atoms with van der Waals surface area (Å²) < 4.78 is 5.84. The van der Waals surface area contributed by atoms with Gasteiger partial charge in [0.1, 0.15) is 12.4 Å². The zero-order chi connectivity index (χ0) is 18.5. The molecule has 1 aliphatic heterocycles. The summed E-state index contributed by atoms with van der Waals surface area (Å²) in [5.41, 5.74) is 3.16. The van der Waals surface area contributed by atoms with Gasteiger partial charge in [0.05, 0.1) is 12.3 Å². The van der Waals surface area contributed by atoms with E-state index in [0.717, 1.165) is 16.9 Å². The van der Waals surface area contributed by atoms with Gasteiger partial charge < -0.3 is 14.7 Å². The molecule has 1 atom stereocenters. The number of ether oxygens (including phenoxy) is 1. The number of aryl methyl sites for hydroxylation is 1. The number of carboxylic acids is 1. The average molecular weight is 353 g/mol. The first-order chi connectivity index (χ1) is 12.5. The summed E-state index contributed by atoms with van der Waals surface area (Å²) >= 11 is 0. The molecule has 0 aliphatic carbocycles. The lowest BCUT2D eigenvalue weighted by Crippen LogP contribution is -2.31. The fraction of sp³-hybridized carbons (Fsp3) is 0.333. The molecule has 2 aromatic rings. The molecule has 1 heterocycles. The van der Waals surface area contributed by atoms with E-state index in [0.29, 0.717) is 26.1 Å². The van der Waals surface area contributed by atoms with Gasteiger partial charge in [-0.2, -0.15) is 0 Å². The molecule has 1 N–H and O–H groups in total.